The van der Waals surface area contributed by atoms with Crippen LogP contribution >= 0.6 is 0 Å². The van der Waals surface area contributed by atoms with E-state index in [4.69, 9.17) is 4.74 Å². The third-order valence-corrected chi connectivity index (χ3v) is 4.06. The van der Waals surface area contributed by atoms with E-state index in [0.717, 1.165) is 11.3 Å². The molecule has 3 rings (SSSR count). The molecule has 1 fully saturated rings. The summed E-state index contributed by atoms with van der Waals surface area (Å²) in [5.74, 6) is 0.0263. The van der Waals surface area contributed by atoms with Crippen molar-refractivity contribution >= 4 is 17.6 Å². The van der Waals surface area contributed by atoms with Gasteiger partial charge in [-0.15, -0.1) is 0 Å². The summed E-state index contributed by atoms with van der Waals surface area (Å²) in [6.45, 7) is 0. The molecular formula is C18H18FN3O3. The van der Waals surface area contributed by atoms with E-state index >= 15 is 0 Å². The van der Waals surface area contributed by atoms with Gasteiger partial charge >= 0.3 is 6.03 Å². The third kappa shape index (κ3) is 4.06. The molecule has 0 aromatic heterocycles. The Morgan fingerprint density at radius 2 is 1.84 bits per heavy atom. The van der Waals surface area contributed by atoms with E-state index in [0.29, 0.717) is 5.69 Å². The van der Waals surface area contributed by atoms with Gasteiger partial charge in [0.1, 0.15) is 17.7 Å². The lowest BCUT2D eigenvalue weighted by Gasteiger charge is -2.21. The summed E-state index contributed by atoms with van der Waals surface area (Å²) in [7, 11) is 1.58. The first-order chi connectivity index (χ1) is 12.0. The molecule has 1 heterocycles. The van der Waals surface area contributed by atoms with Crippen LogP contribution in [0.2, 0.25) is 0 Å². The van der Waals surface area contributed by atoms with E-state index in [-0.39, 0.29) is 24.1 Å². The Bertz CT molecular complexity index is 762. The van der Waals surface area contributed by atoms with E-state index in [2.05, 4.69) is 16.0 Å². The van der Waals surface area contributed by atoms with Gasteiger partial charge in [-0.25, -0.2) is 9.18 Å². The summed E-state index contributed by atoms with van der Waals surface area (Å²) >= 11 is 0. The number of ether oxygens (including phenoxy) is 1. The Kier molecular flexibility index (Phi) is 4.83. The zero-order valence-corrected chi connectivity index (χ0v) is 13.6. The highest BCUT2D eigenvalue weighted by molar-refractivity contribution is 5.90. The van der Waals surface area contributed by atoms with Crippen LogP contribution in [0.1, 0.15) is 17.9 Å². The number of urea groups is 1. The third-order valence-electron chi connectivity index (χ3n) is 4.06. The summed E-state index contributed by atoms with van der Waals surface area (Å²) in [6.07, 6.45) is -0.241. The van der Waals surface area contributed by atoms with Crippen molar-refractivity contribution in [3.05, 3.63) is 59.9 Å². The summed E-state index contributed by atoms with van der Waals surface area (Å²) in [5, 5.41) is 8.11. The minimum atomic E-state index is -0.527. The smallest absolute Gasteiger partial charge is 0.320 e. The molecule has 0 aliphatic carbocycles. The van der Waals surface area contributed by atoms with Gasteiger partial charge in [-0.2, -0.15) is 0 Å². The second-order valence-electron chi connectivity index (χ2n) is 5.73. The molecule has 1 saturated heterocycles. The number of hydrogen-bond donors (Lipinski definition) is 3. The van der Waals surface area contributed by atoms with Crippen molar-refractivity contribution in [1.82, 2.24) is 10.6 Å². The zero-order chi connectivity index (χ0) is 17.8. The van der Waals surface area contributed by atoms with Crippen LogP contribution < -0.4 is 20.7 Å². The van der Waals surface area contributed by atoms with Crippen molar-refractivity contribution in [2.24, 2.45) is 0 Å². The molecule has 2 aromatic carbocycles. The molecule has 1 aliphatic rings. The average molecular weight is 343 g/mol. The molecule has 3 amide bonds. The summed E-state index contributed by atoms with van der Waals surface area (Å²) in [4.78, 5) is 23.9. The van der Waals surface area contributed by atoms with Gasteiger partial charge < -0.3 is 20.7 Å². The Labute approximate surface area is 144 Å². The molecule has 1 aliphatic heterocycles. The van der Waals surface area contributed by atoms with Crippen molar-refractivity contribution < 1.29 is 18.7 Å². The molecule has 2 atom stereocenters. The number of nitrogens with one attached hydrogen (secondary N) is 3. The molecule has 3 N–H and O–H groups in total. The van der Waals surface area contributed by atoms with E-state index in [1.807, 2.05) is 24.3 Å². The molecule has 2 unspecified atom stereocenters. The summed E-state index contributed by atoms with van der Waals surface area (Å²) < 4.78 is 18.0. The van der Waals surface area contributed by atoms with E-state index in [9.17, 15) is 14.0 Å². The van der Waals surface area contributed by atoms with Crippen LogP contribution in [0.5, 0.6) is 5.75 Å². The lowest BCUT2D eigenvalue weighted by molar-refractivity contribution is -0.119. The normalized spacial score (nSPS) is 19.2. The molecule has 6 nitrogen and oxygen atoms in total. The largest absolute Gasteiger partial charge is 0.497 e. The Morgan fingerprint density at radius 3 is 2.48 bits per heavy atom. The van der Waals surface area contributed by atoms with Gasteiger partial charge in [0.05, 0.1) is 7.11 Å². The zero-order valence-electron chi connectivity index (χ0n) is 13.6. The number of amides is 3. The molecule has 130 valence electrons. The first-order valence-corrected chi connectivity index (χ1v) is 7.81. The highest BCUT2D eigenvalue weighted by atomic mass is 19.1. The first-order valence-electron chi connectivity index (χ1n) is 7.81. The summed E-state index contributed by atoms with van der Waals surface area (Å²) in [5.41, 5.74) is 1.38. The molecule has 0 radical (unpaired) electrons. The van der Waals surface area contributed by atoms with Crippen molar-refractivity contribution in [1.29, 1.82) is 0 Å². The number of hydrogen-bond acceptors (Lipinski definition) is 3. The van der Waals surface area contributed by atoms with Crippen LogP contribution in [0.25, 0.3) is 0 Å². The minimum Gasteiger partial charge on any atom is -0.497 e. The van der Waals surface area contributed by atoms with Gasteiger partial charge in [-0.05, 0) is 42.0 Å². The van der Waals surface area contributed by atoms with Crippen molar-refractivity contribution in [3.8, 4) is 5.75 Å². The van der Waals surface area contributed by atoms with E-state index in [1.165, 1.54) is 24.3 Å². The van der Waals surface area contributed by atoms with Gasteiger partial charge in [-0.1, -0.05) is 12.1 Å². The Hall–Kier alpha value is -3.09. The van der Waals surface area contributed by atoms with E-state index < -0.39 is 12.2 Å². The molecule has 0 bridgehead atoms. The average Bonchev–Trinajstić information content (AvgIpc) is 2.97. The number of carbonyl (C=O) groups is 2. The minimum absolute atomic E-state index is 0.132. The maximum absolute atomic E-state index is 12.9. The van der Waals surface area contributed by atoms with Gasteiger partial charge in [0.2, 0.25) is 5.91 Å². The molecule has 0 spiro atoms. The number of methoxy groups -OCH3 is 1. The standard InChI is InChI=1S/C18H18FN3O3/c1-25-14-8-2-11(3-9-14)15-10-16(23)21-17(15)22-18(24)20-13-6-4-12(19)5-7-13/h2-9,15,17H,10H2,1H3,(H,21,23)(H2,20,22,24). The summed E-state index contributed by atoms with van der Waals surface area (Å²) in [6, 6.07) is 12.3. The van der Waals surface area contributed by atoms with Crippen molar-refractivity contribution in [2.75, 3.05) is 12.4 Å². The van der Waals surface area contributed by atoms with Gasteiger partial charge in [0.15, 0.2) is 0 Å². The van der Waals surface area contributed by atoms with Crippen LogP contribution in [0, 0.1) is 5.82 Å². The Balaban J connectivity index is 1.67. The fourth-order valence-corrected chi connectivity index (χ4v) is 2.79. The number of anilines is 1. The quantitative estimate of drug-likeness (QED) is 0.798. The van der Waals surface area contributed by atoms with Gasteiger partial charge in [0, 0.05) is 18.0 Å². The number of benzene rings is 2. The lowest BCUT2D eigenvalue weighted by Crippen LogP contribution is -2.46. The van der Waals surface area contributed by atoms with Gasteiger partial charge in [0.25, 0.3) is 0 Å². The highest BCUT2D eigenvalue weighted by Gasteiger charge is 2.34. The van der Waals surface area contributed by atoms with Gasteiger partial charge in [-0.3, -0.25) is 4.79 Å². The number of rotatable bonds is 4. The molecular weight excluding hydrogens is 325 g/mol. The second kappa shape index (κ2) is 7.21. The van der Waals surface area contributed by atoms with Crippen molar-refractivity contribution in [3.63, 3.8) is 0 Å². The van der Waals surface area contributed by atoms with Crippen LogP contribution in [0.3, 0.4) is 0 Å². The van der Waals surface area contributed by atoms with Crippen LogP contribution in [-0.4, -0.2) is 25.2 Å². The fraction of sp³-hybridized carbons (Fsp3) is 0.222. The van der Waals surface area contributed by atoms with E-state index in [1.54, 1.807) is 7.11 Å². The SMILES string of the molecule is COc1ccc(C2CC(=O)NC2NC(=O)Nc2ccc(F)cc2)cc1. The maximum Gasteiger partial charge on any atom is 0.320 e. The number of carbonyl (C=O) groups excluding carboxylic acids is 2. The first kappa shape index (κ1) is 16.8. The number of halogens is 1. The molecule has 7 heteroatoms. The maximum atomic E-state index is 12.9. The van der Waals surface area contributed by atoms with Crippen LogP contribution in [0.4, 0.5) is 14.9 Å². The topological polar surface area (TPSA) is 79.5 Å². The predicted molar refractivity (Wildman–Crippen MR) is 90.8 cm³/mol. The predicted octanol–water partition coefficient (Wildman–Crippen LogP) is 2.59. The van der Waals surface area contributed by atoms with Crippen LogP contribution in [0.15, 0.2) is 48.5 Å². The molecule has 2 aromatic rings. The Morgan fingerprint density at radius 1 is 1.16 bits per heavy atom. The molecule has 0 saturated carbocycles. The van der Waals surface area contributed by atoms with Crippen LogP contribution in [-0.2, 0) is 4.79 Å². The molecule has 25 heavy (non-hydrogen) atoms. The van der Waals surface area contributed by atoms with Crippen molar-refractivity contribution in [2.45, 2.75) is 18.5 Å². The lowest BCUT2D eigenvalue weighted by atomic mass is 9.95. The highest BCUT2D eigenvalue weighted by Crippen LogP contribution is 2.28. The fourth-order valence-electron chi connectivity index (χ4n) is 2.79. The monoisotopic (exact) mass is 343 g/mol. The second-order valence-corrected chi connectivity index (χ2v) is 5.73.